The number of hydrogen-bond acceptors (Lipinski definition) is 3. The Balaban J connectivity index is 1.57. The smallest absolute Gasteiger partial charge is 0.181 e. The SMILES string of the molecule is c1ccc(-c2n[nH]c(C3CCCN3C3CCCC3)n2)cc1. The molecule has 0 spiro atoms. The van der Waals surface area contributed by atoms with E-state index in [2.05, 4.69) is 27.2 Å². The molecule has 1 atom stereocenters. The molecule has 2 aliphatic rings. The fourth-order valence-electron chi connectivity index (χ4n) is 3.90. The molecule has 21 heavy (non-hydrogen) atoms. The van der Waals surface area contributed by atoms with Crippen molar-refractivity contribution in [2.24, 2.45) is 0 Å². The molecule has 1 aliphatic carbocycles. The zero-order valence-electron chi connectivity index (χ0n) is 12.3. The van der Waals surface area contributed by atoms with Crippen LogP contribution in [-0.2, 0) is 0 Å². The van der Waals surface area contributed by atoms with E-state index in [0.29, 0.717) is 6.04 Å². The van der Waals surface area contributed by atoms with Gasteiger partial charge in [-0.25, -0.2) is 4.98 Å². The van der Waals surface area contributed by atoms with Crippen molar-refractivity contribution in [2.45, 2.75) is 50.6 Å². The van der Waals surface area contributed by atoms with Crippen LogP contribution >= 0.6 is 0 Å². The van der Waals surface area contributed by atoms with Crippen LogP contribution in [0.1, 0.15) is 50.4 Å². The number of aromatic nitrogens is 3. The summed E-state index contributed by atoms with van der Waals surface area (Å²) < 4.78 is 0. The number of rotatable bonds is 3. The van der Waals surface area contributed by atoms with Gasteiger partial charge in [0.2, 0.25) is 0 Å². The van der Waals surface area contributed by atoms with Crippen LogP contribution in [0.15, 0.2) is 30.3 Å². The van der Waals surface area contributed by atoms with Gasteiger partial charge in [-0.05, 0) is 32.2 Å². The summed E-state index contributed by atoms with van der Waals surface area (Å²) in [4.78, 5) is 7.44. The number of hydrogen-bond donors (Lipinski definition) is 1. The van der Waals surface area contributed by atoms with Crippen LogP contribution < -0.4 is 0 Å². The van der Waals surface area contributed by atoms with Crippen molar-refractivity contribution >= 4 is 0 Å². The Kier molecular flexibility index (Phi) is 3.47. The molecular weight excluding hydrogens is 260 g/mol. The minimum atomic E-state index is 0.443. The Morgan fingerprint density at radius 1 is 1.00 bits per heavy atom. The number of likely N-dealkylation sites (tertiary alicyclic amines) is 1. The Morgan fingerprint density at radius 3 is 2.62 bits per heavy atom. The average Bonchev–Trinajstić information content (AvgIpc) is 3.27. The van der Waals surface area contributed by atoms with Gasteiger partial charge in [0.05, 0.1) is 6.04 Å². The van der Waals surface area contributed by atoms with Crippen LogP contribution in [0.4, 0.5) is 0 Å². The van der Waals surface area contributed by atoms with Crippen LogP contribution in [-0.4, -0.2) is 32.7 Å². The maximum absolute atomic E-state index is 4.78. The third kappa shape index (κ3) is 2.48. The third-order valence-electron chi connectivity index (χ3n) is 4.94. The fourth-order valence-corrected chi connectivity index (χ4v) is 3.90. The van der Waals surface area contributed by atoms with Crippen LogP contribution in [0.2, 0.25) is 0 Å². The molecular formula is C17H22N4. The largest absolute Gasteiger partial charge is 0.290 e. The van der Waals surface area contributed by atoms with Gasteiger partial charge in [-0.15, -0.1) is 0 Å². The van der Waals surface area contributed by atoms with Gasteiger partial charge in [0.1, 0.15) is 5.82 Å². The molecule has 1 unspecified atom stereocenters. The minimum Gasteiger partial charge on any atom is -0.290 e. The molecule has 2 heterocycles. The summed E-state index contributed by atoms with van der Waals surface area (Å²) in [6.45, 7) is 1.22. The predicted octanol–water partition coefficient (Wildman–Crippen LogP) is 3.55. The standard InChI is InChI=1S/C17H22N4/c1-2-7-13(8-3-1)16-18-17(20-19-16)15-11-6-12-21(15)14-9-4-5-10-14/h1-3,7-8,14-15H,4-6,9-12H2,(H,18,19,20). The van der Waals surface area contributed by atoms with Gasteiger partial charge in [-0.2, -0.15) is 5.10 Å². The van der Waals surface area contributed by atoms with Crippen LogP contribution in [0.3, 0.4) is 0 Å². The Morgan fingerprint density at radius 2 is 1.81 bits per heavy atom. The lowest BCUT2D eigenvalue weighted by atomic mass is 10.1. The van der Waals surface area contributed by atoms with Gasteiger partial charge in [0, 0.05) is 11.6 Å². The summed E-state index contributed by atoms with van der Waals surface area (Å²) >= 11 is 0. The highest BCUT2D eigenvalue weighted by Crippen LogP contribution is 2.37. The summed E-state index contributed by atoms with van der Waals surface area (Å²) in [5.74, 6) is 1.88. The highest BCUT2D eigenvalue weighted by atomic mass is 15.3. The van der Waals surface area contributed by atoms with E-state index in [1.807, 2.05) is 18.2 Å². The Labute approximate surface area is 125 Å². The fraction of sp³-hybridized carbons (Fsp3) is 0.529. The zero-order valence-corrected chi connectivity index (χ0v) is 12.3. The lowest BCUT2D eigenvalue weighted by Crippen LogP contribution is -2.33. The molecule has 4 heteroatoms. The van der Waals surface area contributed by atoms with Crippen molar-refractivity contribution in [1.29, 1.82) is 0 Å². The van der Waals surface area contributed by atoms with Gasteiger partial charge in [-0.1, -0.05) is 43.2 Å². The molecule has 0 radical (unpaired) electrons. The normalized spacial score (nSPS) is 23.9. The van der Waals surface area contributed by atoms with E-state index in [-0.39, 0.29) is 0 Å². The van der Waals surface area contributed by atoms with Gasteiger partial charge in [0.25, 0.3) is 0 Å². The third-order valence-corrected chi connectivity index (χ3v) is 4.94. The quantitative estimate of drug-likeness (QED) is 0.936. The topological polar surface area (TPSA) is 44.8 Å². The second kappa shape index (κ2) is 5.60. The van der Waals surface area contributed by atoms with E-state index in [9.17, 15) is 0 Å². The summed E-state index contributed by atoms with van der Waals surface area (Å²) in [5, 5.41) is 7.63. The molecule has 1 aromatic carbocycles. The maximum atomic E-state index is 4.78. The van der Waals surface area contributed by atoms with Gasteiger partial charge in [-0.3, -0.25) is 10.00 Å². The van der Waals surface area contributed by atoms with Gasteiger partial charge < -0.3 is 0 Å². The summed E-state index contributed by atoms with van der Waals surface area (Å²) in [6.07, 6.45) is 7.98. The highest BCUT2D eigenvalue weighted by Gasteiger charge is 2.34. The second-order valence-electron chi connectivity index (χ2n) is 6.24. The molecule has 0 bridgehead atoms. The molecule has 1 N–H and O–H groups in total. The first-order valence-corrected chi connectivity index (χ1v) is 8.15. The average molecular weight is 282 g/mol. The van der Waals surface area contributed by atoms with E-state index in [1.165, 1.54) is 45.1 Å². The van der Waals surface area contributed by atoms with Crippen LogP contribution in [0, 0.1) is 0 Å². The molecule has 110 valence electrons. The lowest BCUT2D eigenvalue weighted by Gasteiger charge is -2.28. The van der Waals surface area contributed by atoms with E-state index < -0.39 is 0 Å². The molecule has 0 amide bonds. The highest BCUT2D eigenvalue weighted by molar-refractivity contribution is 5.53. The molecule has 4 nitrogen and oxygen atoms in total. The first-order valence-electron chi connectivity index (χ1n) is 8.15. The van der Waals surface area contributed by atoms with E-state index in [1.54, 1.807) is 0 Å². The van der Waals surface area contributed by atoms with Crippen molar-refractivity contribution in [3.8, 4) is 11.4 Å². The number of H-pyrrole nitrogens is 1. The molecule has 2 aromatic rings. The van der Waals surface area contributed by atoms with Crippen molar-refractivity contribution in [1.82, 2.24) is 20.1 Å². The number of nitrogens with zero attached hydrogens (tertiary/aromatic N) is 3. The van der Waals surface area contributed by atoms with E-state index in [4.69, 9.17) is 4.98 Å². The molecule has 1 aliphatic heterocycles. The molecule has 1 aromatic heterocycles. The summed E-state index contributed by atoms with van der Waals surface area (Å²) in [5.41, 5.74) is 1.09. The van der Waals surface area contributed by atoms with Gasteiger partial charge >= 0.3 is 0 Å². The molecule has 2 fully saturated rings. The first kappa shape index (κ1) is 13.0. The maximum Gasteiger partial charge on any atom is 0.181 e. The number of nitrogens with one attached hydrogen (secondary N) is 1. The number of aromatic amines is 1. The monoisotopic (exact) mass is 282 g/mol. The van der Waals surface area contributed by atoms with Crippen molar-refractivity contribution < 1.29 is 0 Å². The van der Waals surface area contributed by atoms with E-state index >= 15 is 0 Å². The minimum absolute atomic E-state index is 0.443. The van der Waals surface area contributed by atoms with Gasteiger partial charge in [0.15, 0.2) is 5.82 Å². The summed E-state index contributed by atoms with van der Waals surface area (Å²) in [6, 6.07) is 11.4. The van der Waals surface area contributed by atoms with Crippen molar-refractivity contribution in [3.05, 3.63) is 36.2 Å². The lowest BCUT2D eigenvalue weighted by molar-refractivity contribution is 0.177. The molecule has 1 saturated heterocycles. The number of benzene rings is 1. The Hall–Kier alpha value is -1.68. The van der Waals surface area contributed by atoms with Crippen LogP contribution in [0.25, 0.3) is 11.4 Å². The molecule has 4 rings (SSSR count). The second-order valence-corrected chi connectivity index (χ2v) is 6.24. The summed E-state index contributed by atoms with van der Waals surface area (Å²) in [7, 11) is 0. The van der Waals surface area contributed by atoms with Crippen LogP contribution in [0.5, 0.6) is 0 Å². The van der Waals surface area contributed by atoms with Crippen molar-refractivity contribution in [3.63, 3.8) is 0 Å². The zero-order chi connectivity index (χ0) is 14.1. The molecule has 1 saturated carbocycles. The Bertz CT molecular complexity index is 586. The van der Waals surface area contributed by atoms with Crippen molar-refractivity contribution in [2.75, 3.05) is 6.54 Å². The predicted molar refractivity (Wildman–Crippen MR) is 82.8 cm³/mol. The van der Waals surface area contributed by atoms with E-state index in [0.717, 1.165) is 23.3 Å². The first-order chi connectivity index (χ1) is 10.4.